The van der Waals surface area contributed by atoms with Crippen LogP contribution in [0.2, 0.25) is 0 Å². The predicted octanol–water partition coefficient (Wildman–Crippen LogP) is 3.58. The summed E-state index contributed by atoms with van der Waals surface area (Å²) in [7, 11) is 0. The fraction of sp³-hybridized carbons (Fsp3) is 0.462. The second-order valence-corrected chi connectivity index (χ2v) is 5.72. The van der Waals surface area contributed by atoms with Crippen LogP contribution in [0.4, 0.5) is 0 Å². The lowest BCUT2D eigenvalue weighted by atomic mass is 10.0. The van der Waals surface area contributed by atoms with Crippen LogP contribution in [0.5, 0.6) is 0 Å². The molecule has 1 aromatic carbocycles. The molecule has 1 amide bonds. The molecule has 0 radical (unpaired) electrons. The molecular formula is C13H17Br2NO. The third-order valence-corrected chi connectivity index (χ3v) is 5.11. The smallest absolute Gasteiger partial charge is 0.252 e. The molecule has 0 aliphatic heterocycles. The highest BCUT2D eigenvalue weighted by atomic mass is 79.9. The van der Waals surface area contributed by atoms with Crippen LogP contribution < -0.4 is 5.32 Å². The van der Waals surface area contributed by atoms with E-state index in [1.165, 1.54) is 5.56 Å². The van der Waals surface area contributed by atoms with E-state index in [9.17, 15) is 4.79 Å². The maximum Gasteiger partial charge on any atom is 0.252 e. The van der Waals surface area contributed by atoms with E-state index in [1.54, 1.807) is 0 Å². The van der Waals surface area contributed by atoms with Crippen molar-refractivity contribution in [2.75, 3.05) is 10.7 Å². The lowest BCUT2D eigenvalue weighted by Crippen LogP contribution is -2.49. The molecule has 0 saturated heterocycles. The maximum absolute atomic E-state index is 12.2. The molecule has 0 atom stereocenters. The highest BCUT2D eigenvalue weighted by Gasteiger charge is 2.24. The number of carbonyl (C=O) groups excluding carboxylic acids is 1. The van der Waals surface area contributed by atoms with Crippen molar-refractivity contribution in [2.24, 2.45) is 0 Å². The predicted molar refractivity (Wildman–Crippen MR) is 79.4 cm³/mol. The van der Waals surface area contributed by atoms with Crippen molar-refractivity contribution >= 4 is 37.8 Å². The van der Waals surface area contributed by atoms with E-state index in [4.69, 9.17) is 0 Å². The number of hydrogen-bond acceptors (Lipinski definition) is 1. The summed E-state index contributed by atoms with van der Waals surface area (Å²) in [6.45, 7) is 5.98. The summed E-state index contributed by atoms with van der Waals surface area (Å²) in [6, 6.07) is 5.86. The van der Waals surface area contributed by atoms with Gasteiger partial charge >= 0.3 is 0 Å². The molecule has 0 unspecified atom stereocenters. The van der Waals surface area contributed by atoms with Gasteiger partial charge in [0.2, 0.25) is 0 Å². The van der Waals surface area contributed by atoms with Gasteiger partial charge in [-0.25, -0.2) is 0 Å². The second kappa shape index (κ2) is 6.01. The third-order valence-electron chi connectivity index (χ3n) is 2.63. The normalized spacial score (nSPS) is 11.4. The number of alkyl halides is 2. The van der Waals surface area contributed by atoms with E-state index < -0.39 is 0 Å². The van der Waals surface area contributed by atoms with E-state index in [2.05, 4.69) is 37.2 Å². The van der Waals surface area contributed by atoms with Gasteiger partial charge in [0.25, 0.3) is 5.91 Å². The van der Waals surface area contributed by atoms with E-state index in [0.717, 1.165) is 11.1 Å². The zero-order valence-corrected chi connectivity index (χ0v) is 13.5. The molecule has 0 aromatic heterocycles. The highest BCUT2D eigenvalue weighted by molar-refractivity contribution is 9.09. The summed E-state index contributed by atoms with van der Waals surface area (Å²) in [5, 5.41) is 4.46. The molecule has 0 aliphatic rings. The molecule has 1 aromatic rings. The summed E-state index contributed by atoms with van der Waals surface area (Å²) in [5.74, 6) is -0.0242. The summed E-state index contributed by atoms with van der Waals surface area (Å²) >= 11 is 6.84. The standard InChI is InChI=1S/C13H17Br2NO/c1-9-4-5-11(10(2)6-9)12(17)16-13(3,7-14)8-15/h4-6H,7-8H2,1-3H3,(H,16,17). The van der Waals surface area contributed by atoms with Crippen molar-refractivity contribution in [1.29, 1.82) is 0 Å². The fourth-order valence-corrected chi connectivity index (χ4v) is 2.72. The van der Waals surface area contributed by atoms with Gasteiger partial charge in [0.05, 0.1) is 5.54 Å². The molecule has 4 heteroatoms. The van der Waals surface area contributed by atoms with Crippen LogP contribution in [-0.2, 0) is 0 Å². The van der Waals surface area contributed by atoms with Crippen molar-refractivity contribution in [3.8, 4) is 0 Å². The molecule has 1 N–H and O–H groups in total. The number of aryl methyl sites for hydroxylation is 2. The van der Waals surface area contributed by atoms with Crippen LogP contribution in [-0.4, -0.2) is 22.1 Å². The Balaban J connectivity index is 2.90. The van der Waals surface area contributed by atoms with Crippen molar-refractivity contribution in [1.82, 2.24) is 5.32 Å². The molecule has 0 saturated carbocycles. The summed E-state index contributed by atoms with van der Waals surface area (Å²) in [6.07, 6.45) is 0. The van der Waals surface area contributed by atoms with Gasteiger partial charge in [-0.3, -0.25) is 4.79 Å². The van der Waals surface area contributed by atoms with Gasteiger partial charge < -0.3 is 5.32 Å². The Morgan fingerprint density at radius 3 is 2.35 bits per heavy atom. The lowest BCUT2D eigenvalue weighted by Gasteiger charge is -2.26. The Hall–Kier alpha value is -0.350. The average molecular weight is 363 g/mol. The molecule has 94 valence electrons. The van der Waals surface area contributed by atoms with Gasteiger partial charge in [-0.1, -0.05) is 49.6 Å². The van der Waals surface area contributed by atoms with E-state index in [1.807, 2.05) is 39.0 Å². The Labute approximate surface area is 119 Å². The Kier molecular flexibility index (Phi) is 5.20. The number of amides is 1. The zero-order chi connectivity index (χ0) is 13.1. The first kappa shape index (κ1) is 14.7. The summed E-state index contributed by atoms with van der Waals surface area (Å²) in [5.41, 5.74) is 2.65. The van der Waals surface area contributed by atoms with Gasteiger partial charge in [-0.05, 0) is 32.4 Å². The monoisotopic (exact) mass is 361 g/mol. The minimum absolute atomic E-state index is 0.0242. The maximum atomic E-state index is 12.2. The zero-order valence-electron chi connectivity index (χ0n) is 10.3. The molecule has 17 heavy (non-hydrogen) atoms. The van der Waals surface area contributed by atoms with Crippen LogP contribution in [0.15, 0.2) is 18.2 Å². The topological polar surface area (TPSA) is 29.1 Å². The molecule has 2 nitrogen and oxygen atoms in total. The van der Waals surface area contributed by atoms with Crippen molar-refractivity contribution in [2.45, 2.75) is 26.3 Å². The van der Waals surface area contributed by atoms with Crippen LogP contribution >= 0.6 is 31.9 Å². The summed E-state index contributed by atoms with van der Waals surface area (Å²) in [4.78, 5) is 12.2. The minimum atomic E-state index is -0.269. The van der Waals surface area contributed by atoms with Crippen LogP contribution in [0.25, 0.3) is 0 Å². The quantitative estimate of drug-likeness (QED) is 0.815. The number of benzene rings is 1. The largest absolute Gasteiger partial charge is 0.345 e. The Morgan fingerprint density at radius 1 is 1.29 bits per heavy atom. The van der Waals surface area contributed by atoms with Crippen molar-refractivity contribution < 1.29 is 4.79 Å². The molecular weight excluding hydrogens is 346 g/mol. The first-order valence-corrected chi connectivity index (χ1v) is 7.68. The van der Waals surface area contributed by atoms with Gasteiger partial charge in [0.15, 0.2) is 0 Å². The molecule has 0 heterocycles. The highest BCUT2D eigenvalue weighted by Crippen LogP contribution is 2.15. The van der Waals surface area contributed by atoms with Crippen LogP contribution in [0, 0.1) is 13.8 Å². The molecule has 0 spiro atoms. The van der Waals surface area contributed by atoms with Gasteiger partial charge in [-0.15, -0.1) is 0 Å². The first-order chi connectivity index (χ1) is 7.91. The Morgan fingerprint density at radius 2 is 1.88 bits per heavy atom. The average Bonchev–Trinajstić information content (AvgIpc) is 2.28. The second-order valence-electron chi connectivity index (χ2n) is 4.60. The van der Waals surface area contributed by atoms with E-state index >= 15 is 0 Å². The fourth-order valence-electron chi connectivity index (χ4n) is 1.51. The number of hydrogen-bond donors (Lipinski definition) is 1. The van der Waals surface area contributed by atoms with Gasteiger partial charge in [0, 0.05) is 16.2 Å². The molecule has 0 bridgehead atoms. The lowest BCUT2D eigenvalue weighted by molar-refractivity contribution is 0.0922. The number of halogens is 2. The van der Waals surface area contributed by atoms with E-state index in [0.29, 0.717) is 10.7 Å². The van der Waals surface area contributed by atoms with Crippen LogP contribution in [0.3, 0.4) is 0 Å². The van der Waals surface area contributed by atoms with Crippen molar-refractivity contribution in [3.63, 3.8) is 0 Å². The number of carbonyl (C=O) groups is 1. The van der Waals surface area contributed by atoms with Gasteiger partial charge in [0.1, 0.15) is 0 Å². The molecule has 0 aliphatic carbocycles. The van der Waals surface area contributed by atoms with Crippen LogP contribution in [0.1, 0.15) is 28.4 Å². The third kappa shape index (κ3) is 3.81. The number of rotatable bonds is 4. The Bertz CT molecular complexity index is 414. The number of nitrogens with one attached hydrogen (secondary N) is 1. The van der Waals surface area contributed by atoms with Crippen molar-refractivity contribution in [3.05, 3.63) is 34.9 Å². The van der Waals surface area contributed by atoms with E-state index in [-0.39, 0.29) is 11.4 Å². The molecule has 0 fully saturated rings. The first-order valence-electron chi connectivity index (χ1n) is 5.43. The SMILES string of the molecule is Cc1ccc(C(=O)NC(C)(CBr)CBr)c(C)c1. The minimum Gasteiger partial charge on any atom is -0.345 e. The molecule has 1 rings (SSSR count). The van der Waals surface area contributed by atoms with Gasteiger partial charge in [-0.2, -0.15) is 0 Å². The summed E-state index contributed by atoms with van der Waals surface area (Å²) < 4.78 is 0.